The lowest BCUT2D eigenvalue weighted by molar-refractivity contribution is -0.118. The second kappa shape index (κ2) is 8.34. The molecule has 1 aliphatic rings. The fourth-order valence-electron chi connectivity index (χ4n) is 2.92. The maximum absolute atomic E-state index is 13.6. The molecule has 2 rings (SSSR count). The van der Waals surface area contributed by atoms with Gasteiger partial charge in [-0.1, -0.05) is 32.1 Å². The molecule has 1 amide bonds. The Kier molecular flexibility index (Phi) is 6.45. The molecule has 1 saturated carbocycles. The third-order valence-electron chi connectivity index (χ3n) is 4.28. The number of anilines is 1. The van der Waals surface area contributed by atoms with Crippen LogP contribution in [-0.4, -0.2) is 18.0 Å². The molecule has 3 nitrogen and oxygen atoms in total. The van der Waals surface area contributed by atoms with Gasteiger partial charge < -0.3 is 10.6 Å². The summed E-state index contributed by atoms with van der Waals surface area (Å²) < 4.78 is 39.7. The number of nitrogens with one attached hydrogen (secondary N) is 2. The van der Waals surface area contributed by atoms with Gasteiger partial charge in [0.1, 0.15) is 0 Å². The van der Waals surface area contributed by atoms with Crippen molar-refractivity contribution in [2.45, 2.75) is 64.0 Å². The van der Waals surface area contributed by atoms with Gasteiger partial charge in [-0.25, -0.2) is 13.2 Å². The topological polar surface area (TPSA) is 41.1 Å². The molecule has 1 aromatic rings. The van der Waals surface area contributed by atoms with Crippen LogP contribution in [0.3, 0.4) is 0 Å². The fourth-order valence-corrected chi connectivity index (χ4v) is 2.92. The van der Waals surface area contributed by atoms with Crippen molar-refractivity contribution in [2.75, 3.05) is 5.32 Å². The van der Waals surface area contributed by atoms with E-state index >= 15 is 0 Å². The summed E-state index contributed by atoms with van der Waals surface area (Å²) in [6.45, 7) is 1.69. The highest BCUT2D eigenvalue weighted by Crippen LogP contribution is 2.20. The maximum atomic E-state index is 13.6. The van der Waals surface area contributed by atoms with Crippen molar-refractivity contribution in [3.05, 3.63) is 29.6 Å². The number of halogens is 3. The first kappa shape index (κ1) is 17.8. The minimum Gasteiger partial charge on any atom is -0.322 e. The second-order valence-electron chi connectivity index (χ2n) is 6.14. The average molecular weight is 328 g/mol. The molecule has 0 saturated heterocycles. The highest BCUT2D eigenvalue weighted by Gasteiger charge is 2.21. The fraction of sp³-hybridized carbons (Fsp3) is 0.588. The van der Waals surface area contributed by atoms with Gasteiger partial charge in [-0.2, -0.15) is 0 Å². The van der Waals surface area contributed by atoms with E-state index in [1.54, 1.807) is 6.92 Å². The van der Waals surface area contributed by atoms with Crippen molar-refractivity contribution >= 4 is 11.6 Å². The van der Waals surface area contributed by atoms with E-state index in [1.807, 2.05) is 0 Å². The lowest BCUT2D eigenvalue weighted by Crippen LogP contribution is -2.44. The Balaban J connectivity index is 1.93. The molecule has 6 heteroatoms. The Morgan fingerprint density at radius 2 is 1.65 bits per heavy atom. The zero-order valence-corrected chi connectivity index (χ0v) is 13.3. The van der Waals surface area contributed by atoms with Crippen molar-refractivity contribution in [1.82, 2.24) is 5.32 Å². The first-order chi connectivity index (χ1) is 11.0. The van der Waals surface area contributed by atoms with Crippen LogP contribution in [0.15, 0.2) is 12.1 Å². The van der Waals surface area contributed by atoms with Gasteiger partial charge in [0.05, 0.1) is 11.7 Å². The van der Waals surface area contributed by atoms with Gasteiger partial charge in [0.25, 0.3) is 0 Å². The van der Waals surface area contributed by atoms with Gasteiger partial charge in [-0.05, 0) is 31.9 Å². The molecule has 1 aliphatic carbocycles. The van der Waals surface area contributed by atoms with Crippen LogP contribution in [0.4, 0.5) is 18.9 Å². The van der Waals surface area contributed by atoms with Crippen LogP contribution >= 0.6 is 0 Å². The van der Waals surface area contributed by atoms with Crippen LogP contribution in [0.2, 0.25) is 0 Å². The molecule has 1 aromatic carbocycles. The van der Waals surface area contributed by atoms with E-state index in [-0.39, 0.29) is 11.7 Å². The van der Waals surface area contributed by atoms with Crippen LogP contribution in [0.5, 0.6) is 0 Å². The number of rotatable bonds is 4. The van der Waals surface area contributed by atoms with E-state index in [9.17, 15) is 18.0 Å². The summed E-state index contributed by atoms with van der Waals surface area (Å²) in [6, 6.07) is 1.53. The van der Waals surface area contributed by atoms with Crippen molar-refractivity contribution in [1.29, 1.82) is 0 Å². The third-order valence-corrected chi connectivity index (χ3v) is 4.28. The van der Waals surface area contributed by atoms with E-state index in [4.69, 9.17) is 0 Å². The zero-order valence-electron chi connectivity index (χ0n) is 13.3. The smallest absolute Gasteiger partial charge is 0.241 e. The normalized spacial score (nSPS) is 18.1. The quantitative estimate of drug-likeness (QED) is 0.816. The molecule has 1 fully saturated rings. The second-order valence-corrected chi connectivity index (χ2v) is 6.14. The third kappa shape index (κ3) is 4.96. The van der Waals surface area contributed by atoms with E-state index in [0.29, 0.717) is 0 Å². The Hall–Kier alpha value is -1.56. The summed E-state index contributed by atoms with van der Waals surface area (Å²) in [5, 5.41) is 5.56. The molecular formula is C17H23F3N2O. The molecule has 0 aliphatic heterocycles. The minimum absolute atomic E-state index is 0.255. The number of carbonyl (C=O) groups is 1. The SMILES string of the molecule is C[C@H](NC1CCCCCCC1)C(=O)Nc1ccc(F)c(F)c1F. The Labute approximate surface area is 134 Å². The highest BCUT2D eigenvalue weighted by atomic mass is 19.2. The number of amides is 1. The lowest BCUT2D eigenvalue weighted by atomic mass is 9.96. The summed E-state index contributed by atoms with van der Waals surface area (Å²) in [5.74, 6) is -4.70. The molecule has 2 N–H and O–H groups in total. The first-order valence-corrected chi connectivity index (χ1v) is 8.19. The van der Waals surface area contributed by atoms with Gasteiger partial charge in [0.15, 0.2) is 17.5 Å². The van der Waals surface area contributed by atoms with Gasteiger partial charge >= 0.3 is 0 Å². The number of hydrogen-bond acceptors (Lipinski definition) is 2. The van der Waals surface area contributed by atoms with Crippen LogP contribution in [0.1, 0.15) is 51.9 Å². The predicted octanol–water partition coefficient (Wildman–Crippen LogP) is 4.13. The van der Waals surface area contributed by atoms with Crippen molar-refractivity contribution < 1.29 is 18.0 Å². The predicted molar refractivity (Wildman–Crippen MR) is 83.7 cm³/mol. The Bertz CT molecular complexity index is 543. The Morgan fingerprint density at radius 3 is 2.30 bits per heavy atom. The van der Waals surface area contributed by atoms with E-state index in [2.05, 4.69) is 10.6 Å². The van der Waals surface area contributed by atoms with Gasteiger partial charge in [0.2, 0.25) is 5.91 Å². The molecule has 0 radical (unpaired) electrons. The van der Waals surface area contributed by atoms with E-state index in [0.717, 1.165) is 37.8 Å². The summed E-state index contributed by atoms with van der Waals surface area (Å²) >= 11 is 0. The minimum atomic E-state index is -1.58. The maximum Gasteiger partial charge on any atom is 0.241 e. The molecule has 0 unspecified atom stereocenters. The zero-order chi connectivity index (χ0) is 16.8. The molecule has 23 heavy (non-hydrogen) atoms. The van der Waals surface area contributed by atoms with Gasteiger partial charge in [0, 0.05) is 6.04 Å². The molecule has 0 aromatic heterocycles. The number of carbonyl (C=O) groups excluding carboxylic acids is 1. The monoisotopic (exact) mass is 328 g/mol. The molecule has 0 heterocycles. The number of benzene rings is 1. The summed E-state index contributed by atoms with van der Waals surface area (Å²) in [7, 11) is 0. The molecule has 0 spiro atoms. The van der Waals surface area contributed by atoms with Crippen molar-refractivity contribution in [2.24, 2.45) is 0 Å². The van der Waals surface area contributed by atoms with Crippen molar-refractivity contribution in [3.8, 4) is 0 Å². The first-order valence-electron chi connectivity index (χ1n) is 8.19. The van der Waals surface area contributed by atoms with Crippen molar-refractivity contribution in [3.63, 3.8) is 0 Å². The average Bonchev–Trinajstić information content (AvgIpc) is 2.50. The Morgan fingerprint density at radius 1 is 1.04 bits per heavy atom. The summed E-state index contributed by atoms with van der Waals surface area (Å²) in [4.78, 5) is 12.1. The van der Waals surface area contributed by atoms with E-state index in [1.165, 1.54) is 19.3 Å². The van der Waals surface area contributed by atoms with Gasteiger partial charge in [-0.15, -0.1) is 0 Å². The van der Waals surface area contributed by atoms with Crippen LogP contribution < -0.4 is 10.6 Å². The molecule has 0 bridgehead atoms. The largest absolute Gasteiger partial charge is 0.322 e. The molecular weight excluding hydrogens is 305 g/mol. The summed E-state index contributed by atoms with van der Waals surface area (Å²) in [5.41, 5.74) is -0.347. The summed E-state index contributed by atoms with van der Waals surface area (Å²) in [6.07, 6.45) is 7.96. The number of hydrogen-bond donors (Lipinski definition) is 2. The van der Waals surface area contributed by atoms with Gasteiger partial charge in [-0.3, -0.25) is 4.79 Å². The van der Waals surface area contributed by atoms with Crippen LogP contribution in [0.25, 0.3) is 0 Å². The molecule has 128 valence electrons. The highest BCUT2D eigenvalue weighted by molar-refractivity contribution is 5.94. The van der Waals surface area contributed by atoms with E-state index < -0.39 is 29.4 Å². The molecule has 1 atom stereocenters. The lowest BCUT2D eigenvalue weighted by Gasteiger charge is -2.24. The standard InChI is InChI=1S/C17H23F3N2O/c1-11(21-12-7-5-3-2-4-6-8-12)17(23)22-14-10-9-13(18)15(19)16(14)20/h9-12,21H,2-8H2,1H3,(H,22,23)/t11-/m0/s1. The van der Waals surface area contributed by atoms with Crippen LogP contribution in [-0.2, 0) is 4.79 Å². The van der Waals surface area contributed by atoms with Crippen LogP contribution in [0, 0.1) is 17.5 Å².